The molecule has 1 heterocycles. The summed E-state index contributed by atoms with van der Waals surface area (Å²) in [5.41, 5.74) is 1.77. The van der Waals surface area contributed by atoms with Crippen LogP contribution >= 0.6 is 0 Å². The molecular weight excluding hydrogens is 347 g/mol. The van der Waals surface area contributed by atoms with E-state index in [1.165, 1.54) is 19.2 Å². The van der Waals surface area contributed by atoms with E-state index >= 15 is 0 Å². The van der Waals surface area contributed by atoms with Crippen molar-refractivity contribution in [3.8, 4) is 17.0 Å². The van der Waals surface area contributed by atoms with Crippen LogP contribution in [0.1, 0.15) is 16.7 Å². The van der Waals surface area contributed by atoms with E-state index in [0.29, 0.717) is 27.9 Å². The van der Waals surface area contributed by atoms with E-state index in [2.05, 4.69) is 4.98 Å². The molecule has 0 fully saturated rings. The average molecular weight is 363 g/mol. The molecule has 0 saturated carbocycles. The Kier molecular flexibility index (Phi) is 4.39. The maximum Gasteiger partial charge on any atom is 0.416 e. The zero-order valence-electron chi connectivity index (χ0n) is 14.1. The number of benzene rings is 2. The van der Waals surface area contributed by atoms with Gasteiger partial charge in [0.1, 0.15) is 5.75 Å². The normalized spacial score (nSPS) is 11.7. The summed E-state index contributed by atoms with van der Waals surface area (Å²) in [5.74, 6) is -0.518. The fourth-order valence-corrected chi connectivity index (χ4v) is 3.04. The number of alkyl halides is 3. The number of halogens is 3. The molecule has 0 saturated heterocycles. The zero-order valence-corrected chi connectivity index (χ0v) is 14.1. The Hall–Kier alpha value is -2.96. The van der Waals surface area contributed by atoms with Gasteiger partial charge in [0.15, 0.2) is 0 Å². The number of rotatable bonds is 4. The number of aryl methyl sites for hydroxylation is 1. The van der Waals surface area contributed by atoms with Gasteiger partial charge in [0.25, 0.3) is 0 Å². The van der Waals surface area contributed by atoms with E-state index in [1.54, 1.807) is 12.1 Å². The van der Waals surface area contributed by atoms with Gasteiger partial charge in [-0.3, -0.25) is 4.79 Å². The van der Waals surface area contributed by atoms with Crippen LogP contribution in [-0.4, -0.2) is 23.2 Å². The van der Waals surface area contributed by atoms with Crippen LogP contribution in [0.5, 0.6) is 5.75 Å². The highest BCUT2D eigenvalue weighted by Gasteiger charge is 2.31. The molecule has 0 aliphatic carbocycles. The van der Waals surface area contributed by atoms with Gasteiger partial charge in [-0.05, 0) is 47.9 Å². The number of ether oxygens (including phenoxy) is 1. The molecule has 0 unspecified atom stereocenters. The van der Waals surface area contributed by atoms with E-state index in [9.17, 15) is 23.1 Å². The molecule has 0 spiro atoms. The van der Waals surface area contributed by atoms with Crippen LogP contribution in [0.3, 0.4) is 0 Å². The molecule has 0 aliphatic heterocycles. The van der Waals surface area contributed by atoms with Crippen molar-refractivity contribution in [2.45, 2.75) is 19.5 Å². The molecule has 0 aliphatic rings. The first kappa shape index (κ1) is 17.8. The fourth-order valence-electron chi connectivity index (χ4n) is 3.04. The first-order chi connectivity index (χ1) is 12.2. The smallest absolute Gasteiger partial charge is 0.416 e. The van der Waals surface area contributed by atoms with Crippen LogP contribution in [0.25, 0.3) is 22.2 Å². The minimum atomic E-state index is -4.48. The predicted molar refractivity (Wildman–Crippen MR) is 91.4 cm³/mol. The van der Waals surface area contributed by atoms with Gasteiger partial charge >= 0.3 is 12.1 Å². The SMILES string of the molecule is COc1cc(C)c2[nH]c(-c3cccc(C(F)(F)F)c3)c(CC(=O)O)c2c1. The molecule has 2 N–H and O–H groups in total. The lowest BCUT2D eigenvalue weighted by atomic mass is 10.00. The number of methoxy groups -OCH3 is 1. The van der Waals surface area contributed by atoms with Crippen molar-refractivity contribution in [3.05, 3.63) is 53.1 Å². The number of aromatic nitrogens is 1. The van der Waals surface area contributed by atoms with Gasteiger partial charge in [0.2, 0.25) is 0 Å². The number of fused-ring (bicyclic) bond motifs is 1. The second-order valence-corrected chi connectivity index (χ2v) is 5.99. The Bertz CT molecular complexity index is 990. The molecule has 7 heteroatoms. The Labute approximate surface area is 147 Å². The third kappa shape index (κ3) is 3.24. The van der Waals surface area contributed by atoms with Crippen molar-refractivity contribution in [2.75, 3.05) is 7.11 Å². The molecule has 1 aromatic heterocycles. The molecular formula is C19H16F3NO3. The van der Waals surface area contributed by atoms with Gasteiger partial charge in [-0.15, -0.1) is 0 Å². The van der Waals surface area contributed by atoms with Crippen LogP contribution in [0.2, 0.25) is 0 Å². The summed E-state index contributed by atoms with van der Waals surface area (Å²) < 4.78 is 44.4. The number of aliphatic carboxylic acids is 1. The average Bonchev–Trinajstić information content (AvgIpc) is 2.92. The number of nitrogens with one attached hydrogen (secondary N) is 1. The van der Waals surface area contributed by atoms with Gasteiger partial charge < -0.3 is 14.8 Å². The summed E-state index contributed by atoms with van der Waals surface area (Å²) in [6.07, 6.45) is -4.80. The lowest BCUT2D eigenvalue weighted by Crippen LogP contribution is -2.05. The molecule has 0 radical (unpaired) electrons. The van der Waals surface area contributed by atoms with E-state index in [-0.39, 0.29) is 12.0 Å². The minimum Gasteiger partial charge on any atom is -0.497 e. The summed E-state index contributed by atoms with van der Waals surface area (Å²) in [4.78, 5) is 14.4. The van der Waals surface area contributed by atoms with Crippen LogP contribution in [0.15, 0.2) is 36.4 Å². The number of carboxylic acids is 1. The largest absolute Gasteiger partial charge is 0.497 e. The molecule has 0 atom stereocenters. The van der Waals surface area contributed by atoms with E-state index in [0.717, 1.165) is 17.7 Å². The van der Waals surface area contributed by atoms with Crippen molar-refractivity contribution >= 4 is 16.9 Å². The summed E-state index contributed by atoms with van der Waals surface area (Å²) in [6, 6.07) is 8.30. The van der Waals surface area contributed by atoms with Crippen LogP contribution in [0.4, 0.5) is 13.2 Å². The Morgan fingerprint density at radius 3 is 2.58 bits per heavy atom. The summed E-state index contributed by atoms with van der Waals surface area (Å²) in [6.45, 7) is 1.82. The lowest BCUT2D eigenvalue weighted by Gasteiger charge is -2.09. The highest BCUT2D eigenvalue weighted by Crippen LogP contribution is 2.37. The van der Waals surface area contributed by atoms with Gasteiger partial charge in [0, 0.05) is 10.9 Å². The third-order valence-corrected chi connectivity index (χ3v) is 4.23. The van der Waals surface area contributed by atoms with E-state index < -0.39 is 17.7 Å². The number of hydrogen-bond donors (Lipinski definition) is 2. The topological polar surface area (TPSA) is 62.3 Å². The summed E-state index contributed by atoms with van der Waals surface area (Å²) >= 11 is 0. The number of hydrogen-bond acceptors (Lipinski definition) is 2. The molecule has 3 rings (SSSR count). The minimum absolute atomic E-state index is 0.283. The maximum absolute atomic E-state index is 13.0. The van der Waals surface area contributed by atoms with Crippen molar-refractivity contribution in [2.24, 2.45) is 0 Å². The lowest BCUT2D eigenvalue weighted by molar-refractivity contribution is -0.138. The van der Waals surface area contributed by atoms with Crippen LogP contribution < -0.4 is 4.74 Å². The molecule has 26 heavy (non-hydrogen) atoms. The maximum atomic E-state index is 13.0. The Morgan fingerprint density at radius 2 is 1.96 bits per heavy atom. The third-order valence-electron chi connectivity index (χ3n) is 4.23. The fraction of sp³-hybridized carbons (Fsp3) is 0.211. The molecule has 136 valence electrons. The van der Waals surface area contributed by atoms with Gasteiger partial charge in [-0.2, -0.15) is 13.2 Å². The van der Waals surface area contributed by atoms with Crippen molar-refractivity contribution in [1.29, 1.82) is 0 Å². The summed E-state index contributed by atoms with van der Waals surface area (Å²) in [7, 11) is 1.50. The molecule has 0 bridgehead atoms. The monoisotopic (exact) mass is 363 g/mol. The molecule has 2 aromatic carbocycles. The van der Waals surface area contributed by atoms with Crippen molar-refractivity contribution in [1.82, 2.24) is 4.98 Å². The van der Waals surface area contributed by atoms with Crippen LogP contribution in [0, 0.1) is 6.92 Å². The number of H-pyrrole nitrogens is 1. The first-order valence-electron chi connectivity index (χ1n) is 7.79. The van der Waals surface area contributed by atoms with Crippen molar-refractivity contribution < 1.29 is 27.8 Å². The van der Waals surface area contributed by atoms with Gasteiger partial charge in [0.05, 0.1) is 24.8 Å². The van der Waals surface area contributed by atoms with Crippen LogP contribution in [-0.2, 0) is 17.4 Å². The van der Waals surface area contributed by atoms with E-state index in [4.69, 9.17) is 4.74 Å². The molecule has 0 amide bonds. The Morgan fingerprint density at radius 1 is 1.23 bits per heavy atom. The number of carbonyl (C=O) groups is 1. The predicted octanol–water partition coefficient (Wildman–Crippen LogP) is 4.80. The summed E-state index contributed by atoms with van der Waals surface area (Å²) in [5, 5.41) is 9.89. The quantitative estimate of drug-likeness (QED) is 0.700. The number of carboxylic acid groups (broad SMARTS) is 1. The Balaban J connectivity index is 2.28. The standard InChI is InChI=1S/C19H16F3NO3/c1-10-6-13(26-2)8-14-15(9-16(24)25)18(23-17(10)14)11-4-3-5-12(7-11)19(20,21)22/h3-8,23H,9H2,1-2H3,(H,24,25). The first-order valence-corrected chi connectivity index (χ1v) is 7.79. The number of aromatic amines is 1. The second kappa shape index (κ2) is 6.40. The molecule has 3 aromatic rings. The molecule has 4 nitrogen and oxygen atoms in total. The zero-order chi connectivity index (χ0) is 19.1. The van der Waals surface area contributed by atoms with Gasteiger partial charge in [-0.25, -0.2) is 0 Å². The second-order valence-electron chi connectivity index (χ2n) is 5.99. The van der Waals surface area contributed by atoms with Crippen molar-refractivity contribution in [3.63, 3.8) is 0 Å². The van der Waals surface area contributed by atoms with Gasteiger partial charge in [-0.1, -0.05) is 12.1 Å². The van der Waals surface area contributed by atoms with E-state index in [1.807, 2.05) is 6.92 Å². The highest BCUT2D eigenvalue weighted by molar-refractivity contribution is 5.96. The highest BCUT2D eigenvalue weighted by atomic mass is 19.4.